The highest BCUT2D eigenvalue weighted by Gasteiger charge is 2.31. The molecule has 1 unspecified atom stereocenters. The standard InChI is InChI=1S/C13H15ClFN3O/c1-7(2)6-16-13-17-11(12(19)18-13)9-5-8(14)3-4-10(9)15/h3-5,7,11H,6H2,1-2H3,(H2,16,17,18,19). The van der Waals surface area contributed by atoms with E-state index in [-0.39, 0.29) is 11.5 Å². The maximum atomic E-state index is 13.7. The number of hydrogen-bond acceptors (Lipinski definition) is 2. The normalized spacial score (nSPS) is 20.8. The van der Waals surface area contributed by atoms with Gasteiger partial charge in [-0.3, -0.25) is 15.1 Å². The summed E-state index contributed by atoms with van der Waals surface area (Å²) in [7, 11) is 0. The smallest absolute Gasteiger partial charge is 0.254 e. The lowest BCUT2D eigenvalue weighted by atomic mass is 10.1. The van der Waals surface area contributed by atoms with E-state index in [0.717, 1.165) is 0 Å². The minimum atomic E-state index is -0.787. The van der Waals surface area contributed by atoms with E-state index in [4.69, 9.17) is 11.6 Å². The maximum absolute atomic E-state index is 13.7. The molecule has 0 radical (unpaired) electrons. The molecule has 0 saturated carbocycles. The first-order valence-corrected chi connectivity index (χ1v) is 6.42. The third-order valence-corrected chi connectivity index (χ3v) is 2.90. The van der Waals surface area contributed by atoms with Crippen LogP contribution in [0.2, 0.25) is 5.02 Å². The van der Waals surface area contributed by atoms with E-state index in [1.165, 1.54) is 18.2 Å². The molecule has 102 valence electrons. The third-order valence-electron chi connectivity index (χ3n) is 2.67. The number of guanidine groups is 1. The molecule has 0 bridgehead atoms. The quantitative estimate of drug-likeness (QED) is 0.894. The average molecular weight is 284 g/mol. The Hall–Kier alpha value is -1.62. The van der Waals surface area contributed by atoms with Crippen molar-refractivity contribution in [2.24, 2.45) is 10.9 Å². The lowest BCUT2D eigenvalue weighted by Crippen LogP contribution is -2.26. The number of rotatable bonds is 3. The number of halogens is 2. The van der Waals surface area contributed by atoms with E-state index in [1.54, 1.807) is 0 Å². The number of nitrogens with zero attached hydrogens (tertiary/aromatic N) is 1. The Morgan fingerprint density at radius 1 is 1.47 bits per heavy atom. The number of carbonyl (C=O) groups is 1. The molecule has 1 aliphatic heterocycles. The Morgan fingerprint density at radius 2 is 2.21 bits per heavy atom. The molecule has 2 N–H and O–H groups in total. The summed E-state index contributed by atoms with van der Waals surface area (Å²) in [6.07, 6.45) is 0. The minimum absolute atomic E-state index is 0.222. The number of benzene rings is 1. The molecule has 0 aliphatic carbocycles. The lowest BCUT2D eigenvalue weighted by molar-refractivity contribution is -0.120. The van der Waals surface area contributed by atoms with Crippen LogP contribution in [-0.4, -0.2) is 18.4 Å². The summed E-state index contributed by atoms with van der Waals surface area (Å²) in [4.78, 5) is 16.0. The molecule has 1 heterocycles. The third kappa shape index (κ3) is 3.23. The molecule has 0 aromatic heterocycles. The Labute approximate surface area is 116 Å². The Balaban J connectivity index is 2.20. The zero-order valence-corrected chi connectivity index (χ0v) is 11.5. The summed E-state index contributed by atoms with van der Waals surface area (Å²) in [5, 5.41) is 5.85. The number of carbonyl (C=O) groups excluding carboxylic acids is 1. The summed E-state index contributed by atoms with van der Waals surface area (Å²) in [5.74, 6) is -0.0398. The van der Waals surface area contributed by atoms with Gasteiger partial charge in [-0.25, -0.2) is 4.39 Å². The maximum Gasteiger partial charge on any atom is 0.254 e. The number of amides is 1. The van der Waals surface area contributed by atoms with Gasteiger partial charge < -0.3 is 5.32 Å². The molecular weight excluding hydrogens is 269 g/mol. The monoisotopic (exact) mass is 283 g/mol. The van der Waals surface area contributed by atoms with Gasteiger partial charge in [-0.05, 0) is 24.1 Å². The van der Waals surface area contributed by atoms with Crippen molar-refractivity contribution in [2.45, 2.75) is 19.9 Å². The second kappa shape index (κ2) is 5.57. The van der Waals surface area contributed by atoms with Crippen molar-refractivity contribution in [1.82, 2.24) is 10.6 Å². The molecule has 1 fully saturated rings. The average Bonchev–Trinajstić information content (AvgIpc) is 2.71. The highest BCUT2D eigenvalue weighted by atomic mass is 35.5. The predicted octanol–water partition coefficient (Wildman–Crippen LogP) is 2.25. The molecule has 1 amide bonds. The summed E-state index contributed by atoms with van der Waals surface area (Å²) in [5.41, 5.74) is 0.222. The molecule has 1 aliphatic rings. The molecular formula is C13H15ClFN3O. The van der Waals surface area contributed by atoms with E-state index in [0.29, 0.717) is 23.4 Å². The van der Waals surface area contributed by atoms with E-state index >= 15 is 0 Å². The van der Waals surface area contributed by atoms with Crippen LogP contribution in [-0.2, 0) is 4.79 Å². The van der Waals surface area contributed by atoms with Crippen molar-refractivity contribution in [3.8, 4) is 0 Å². The van der Waals surface area contributed by atoms with Gasteiger partial charge in [-0.2, -0.15) is 0 Å². The summed E-state index contributed by atoms with van der Waals surface area (Å²) in [6.45, 7) is 4.64. The van der Waals surface area contributed by atoms with Crippen LogP contribution >= 0.6 is 11.6 Å². The van der Waals surface area contributed by atoms with Gasteiger partial charge in [0.15, 0.2) is 5.96 Å². The fourth-order valence-corrected chi connectivity index (χ4v) is 1.92. The van der Waals surface area contributed by atoms with Gasteiger partial charge >= 0.3 is 0 Å². The van der Waals surface area contributed by atoms with Crippen LogP contribution < -0.4 is 10.6 Å². The van der Waals surface area contributed by atoms with Crippen LogP contribution in [0.1, 0.15) is 25.5 Å². The Kier molecular flexibility index (Phi) is 4.04. The van der Waals surface area contributed by atoms with E-state index in [9.17, 15) is 9.18 Å². The summed E-state index contributed by atoms with van der Waals surface area (Å²) >= 11 is 5.83. The zero-order valence-electron chi connectivity index (χ0n) is 10.7. The van der Waals surface area contributed by atoms with Crippen LogP contribution in [0.3, 0.4) is 0 Å². The Morgan fingerprint density at radius 3 is 2.89 bits per heavy atom. The first kappa shape index (κ1) is 13.8. The van der Waals surface area contributed by atoms with Crippen molar-refractivity contribution < 1.29 is 9.18 Å². The van der Waals surface area contributed by atoms with Crippen molar-refractivity contribution in [3.05, 3.63) is 34.6 Å². The zero-order chi connectivity index (χ0) is 14.0. The first-order chi connectivity index (χ1) is 8.97. The van der Waals surface area contributed by atoms with Crippen LogP contribution in [0.4, 0.5) is 4.39 Å². The van der Waals surface area contributed by atoms with Gasteiger partial charge in [0.2, 0.25) is 0 Å². The van der Waals surface area contributed by atoms with Crippen LogP contribution in [0.25, 0.3) is 0 Å². The highest BCUT2D eigenvalue weighted by molar-refractivity contribution is 6.30. The molecule has 1 atom stereocenters. The molecule has 1 aromatic rings. The van der Waals surface area contributed by atoms with Gasteiger partial charge in [0.25, 0.3) is 5.91 Å². The van der Waals surface area contributed by atoms with E-state index in [2.05, 4.69) is 15.6 Å². The SMILES string of the molecule is CC(C)CN=C1NC(=O)C(c2cc(Cl)ccc2F)N1. The summed E-state index contributed by atoms with van der Waals surface area (Å²) < 4.78 is 13.7. The Bertz CT molecular complexity index is 531. The molecule has 0 spiro atoms. The van der Waals surface area contributed by atoms with E-state index < -0.39 is 11.9 Å². The van der Waals surface area contributed by atoms with Crippen molar-refractivity contribution in [1.29, 1.82) is 0 Å². The van der Waals surface area contributed by atoms with Crippen molar-refractivity contribution in [3.63, 3.8) is 0 Å². The molecule has 6 heteroatoms. The lowest BCUT2D eigenvalue weighted by Gasteiger charge is -2.09. The molecule has 1 saturated heterocycles. The van der Waals surface area contributed by atoms with Gasteiger partial charge in [0.1, 0.15) is 11.9 Å². The van der Waals surface area contributed by atoms with Crippen LogP contribution in [0.5, 0.6) is 0 Å². The molecule has 2 rings (SSSR count). The first-order valence-electron chi connectivity index (χ1n) is 6.04. The molecule has 1 aromatic carbocycles. The minimum Gasteiger partial charge on any atom is -0.340 e. The van der Waals surface area contributed by atoms with Crippen LogP contribution in [0.15, 0.2) is 23.2 Å². The van der Waals surface area contributed by atoms with Crippen LogP contribution in [0, 0.1) is 11.7 Å². The van der Waals surface area contributed by atoms with Gasteiger partial charge in [0, 0.05) is 17.1 Å². The summed E-state index contributed by atoms with van der Waals surface area (Å²) in [6, 6.07) is 3.35. The van der Waals surface area contributed by atoms with Crippen molar-refractivity contribution in [2.75, 3.05) is 6.54 Å². The fourth-order valence-electron chi connectivity index (χ4n) is 1.74. The van der Waals surface area contributed by atoms with Gasteiger partial charge in [0.05, 0.1) is 0 Å². The van der Waals surface area contributed by atoms with Gasteiger partial charge in [-0.15, -0.1) is 0 Å². The van der Waals surface area contributed by atoms with Gasteiger partial charge in [-0.1, -0.05) is 25.4 Å². The topological polar surface area (TPSA) is 53.5 Å². The predicted molar refractivity (Wildman–Crippen MR) is 72.6 cm³/mol. The highest BCUT2D eigenvalue weighted by Crippen LogP contribution is 2.23. The molecule has 4 nitrogen and oxygen atoms in total. The largest absolute Gasteiger partial charge is 0.340 e. The van der Waals surface area contributed by atoms with E-state index in [1.807, 2.05) is 13.8 Å². The fraction of sp³-hybridized carbons (Fsp3) is 0.385. The number of aliphatic imine (C=N–C) groups is 1. The second-order valence-corrected chi connectivity index (χ2v) is 5.25. The number of hydrogen-bond donors (Lipinski definition) is 2. The second-order valence-electron chi connectivity index (χ2n) is 4.82. The molecule has 19 heavy (non-hydrogen) atoms. The number of nitrogens with one attached hydrogen (secondary N) is 2. The van der Waals surface area contributed by atoms with Crippen molar-refractivity contribution >= 4 is 23.5 Å².